The molecular weight excluding hydrogens is 314 g/mol. The van der Waals surface area contributed by atoms with E-state index in [1.54, 1.807) is 0 Å². The van der Waals surface area contributed by atoms with Crippen LogP contribution in [0.5, 0.6) is 0 Å². The molecule has 0 bridgehead atoms. The fourth-order valence-electron chi connectivity index (χ4n) is 1.80. The minimum absolute atomic E-state index is 0.00904. The number of halogens is 1. The van der Waals surface area contributed by atoms with Gasteiger partial charge in [0.2, 0.25) is 10.8 Å². The van der Waals surface area contributed by atoms with Crippen molar-refractivity contribution in [3.63, 3.8) is 0 Å². The second kappa shape index (κ2) is 4.90. The van der Waals surface area contributed by atoms with E-state index in [2.05, 4.69) is 20.9 Å². The maximum absolute atomic E-state index is 10.9. The first-order chi connectivity index (χ1) is 8.47. The number of ether oxygens (including phenoxy) is 1. The van der Waals surface area contributed by atoms with Crippen molar-refractivity contribution in [1.82, 2.24) is 9.55 Å². The highest BCUT2D eigenvalue weighted by Crippen LogP contribution is 2.34. The molecule has 9 nitrogen and oxygen atoms in total. The molecule has 10 heteroatoms. The SMILES string of the molecule is O=[N+]([O-])c1c(Br)ncn1[C@@H]1O[C@H](CO)[C@@H](O)[C@H]1O. The molecule has 1 fully saturated rings. The van der Waals surface area contributed by atoms with Crippen LogP contribution in [0.15, 0.2) is 10.9 Å². The van der Waals surface area contributed by atoms with Crippen molar-refractivity contribution in [2.75, 3.05) is 6.61 Å². The van der Waals surface area contributed by atoms with E-state index in [1.165, 1.54) is 0 Å². The smallest absolute Gasteiger partial charge is 0.359 e. The first-order valence-electron chi connectivity index (χ1n) is 4.96. The molecule has 1 aromatic heterocycles. The van der Waals surface area contributed by atoms with Crippen LogP contribution in [0.25, 0.3) is 0 Å². The van der Waals surface area contributed by atoms with E-state index in [0.717, 1.165) is 10.9 Å². The van der Waals surface area contributed by atoms with Crippen molar-refractivity contribution in [1.29, 1.82) is 0 Å². The highest BCUT2D eigenvalue weighted by molar-refractivity contribution is 9.10. The summed E-state index contributed by atoms with van der Waals surface area (Å²) in [4.78, 5) is 13.9. The Bertz CT molecular complexity index is 466. The van der Waals surface area contributed by atoms with Gasteiger partial charge in [-0.2, -0.15) is 4.57 Å². The molecule has 0 unspecified atom stereocenters. The molecule has 1 aromatic rings. The zero-order valence-electron chi connectivity index (χ0n) is 8.88. The van der Waals surface area contributed by atoms with Gasteiger partial charge in [0.05, 0.1) is 6.61 Å². The molecule has 4 atom stereocenters. The van der Waals surface area contributed by atoms with E-state index in [9.17, 15) is 20.3 Å². The molecule has 0 saturated carbocycles. The van der Waals surface area contributed by atoms with Crippen molar-refractivity contribution < 1.29 is 25.0 Å². The standard InChI is InChI=1S/C8H10BrN3O6/c9-6-7(12(16)17)11(2-10-6)8-5(15)4(14)3(1-13)18-8/h2-5,8,13-15H,1H2/t3-,4-,5-,8-/m1/s1. The number of nitro groups is 1. The summed E-state index contributed by atoms with van der Waals surface area (Å²) in [5.41, 5.74) is 0. The van der Waals surface area contributed by atoms with Crippen LogP contribution in [0.4, 0.5) is 5.82 Å². The summed E-state index contributed by atoms with van der Waals surface area (Å²) in [7, 11) is 0. The van der Waals surface area contributed by atoms with E-state index >= 15 is 0 Å². The third kappa shape index (κ3) is 2.01. The third-order valence-corrected chi connectivity index (χ3v) is 3.25. The lowest BCUT2D eigenvalue weighted by Crippen LogP contribution is -2.33. The number of imidazole rings is 1. The molecule has 1 aliphatic heterocycles. The number of aliphatic hydroxyl groups is 3. The monoisotopic (exact) mass is 323 g/mol. The Morgan fingerprint density at radius 2 is 2.22 bits per heavy atom. The zero-order valence-corrected chi connectivity index (χ0v) is 10.5. The van der Waals surface area contributed by atoms with Crippen LogP contribution < -0.4 is 0 Å². The Hall–Kier alpha value is -1.07. The number of aromatic nitrogens is 2. The molecular formula is C8H10BrN3O6. The van der Waals surface area contributed by atoms with E-state index in [-0.39, 0.29) is 4.60 Å². The molecule has 1 aliphatic rings. The van der Waals surface area contributed by atoms with Gasteiger partial charge < -0.3 is 30.2 Å². The maximum Gasteiger partial charge on any atom is 0.359 e. The lowest BCUT2D eigenvalue weighted by Gasteiger charge is -2.12. The molecule has 0 aliphatic carbocycles. The average molecular weight is 324 g/mol. The Morgan fingerprint density at radius 3 is 2.72 bits per heavy atom. The van der Waals surface area contributed by atoms with Crippen LogP contribution in [0.3, 0.4) is 0 Å². The van der Waals surface area contributed by atoms with Crippen LogP contribution >= 0.6 is 15.9 Å². The summed E-state index contributed by atoms with van der Waals surface area (Å²) in [5.74, 6) is -0.398. The number of hydrogen-bond donors (Lipinski definition) is 3. The highest BCUT2D eigenvalue weighted by atomic mass is 79.9. The highest BCUT2D eigenvalue weighted by Gasteiger charge is 2.47. The number of nitrogens with zero attached hydrogens (tertiary/aromatic N) is 3. The normalized spacial score (nSPS) is 31.8. The number of aliphatic hydroxyl groups excluding tert-OH is 3. The van der Waals surface area contributed by atoms with Crippen molar-refractivity contribution in [3.8, 4) is 0 Å². The predicted octanol–water partition coefficient (Wildman–Crippen LogP) is -0.835. The first kappa shape index (κ1) is 13.4. The van der Waals surface area contributed by atoms with Crippen LogP contribution in [-0.2, 0) is 4.74 Å². The molecule has 2 rings (SSSR count). The van der Waals surface area contributed by atoms with E-state index in [1.807, 2.05) is 0 Å². The van der Waals surface area contributed by atoms with Gasteiger partial charge in [-0.1, -0.05) is 0 Å². The Labute approximate surface area is 109 Å². The van der Waals surface area contributed by atoms with Crippen LogP contribution in [0.2, 0.25) is 0 Å². The second-order valence-corrected chi connectivity index (χ2v) is 4.50. The molecule has 0 amide bonds. The van der Waals surface area contributed by atoms with Gasteiger partial charge >= 0.3 is 5.82 Å². The summed E-state index contributed by atoms with van der Waals surface area (Å²) in [6.45, 7) is -0.502. The zero-order chi connectivity index (χ0) is 13.4. The second-order valence-electron chi connectivity index (χ2n) is 3.75. The summed E-state index contributed by atoms with van der Waals surface area (Å²) >= 11 is 2.91. The van der Waals surface area contributed by atoms with Gasteiger partial charge in [0, 0.05) is 0 Å². The molecule has 0 aromatic carbocycles. The van der Waals surface area contributed by atoms with Crippen molar-refractivity contribution >= 4 is 21.7 Å². The van der Waals surface area contributed by atoms with Crippen molar-refractivity contribution in [2.24, 2.45) is 0 Å². The summed E-state index contributed by atoms with van der Waals surface area (Å²) in [5, 5.41) is 39.1. The van der Waals surface area contributed by atoms with E-state index in [4.69, 9.17) is 9.84 Å². The van der Waals surface area contributed by atoms with Gasteiger partial charge in [0.1, 0.15) is 18.3 Å². The van der Waals surface area contributed by atoms with Crippen LogP contribution in [0, 0.1) is 10.1 Å². The molecule has 2 heterocycles. The Balaban J connectivity index is 2.36. The number of hydrogen-bond acceptors (Lipinski definition) is 7. The predicted molar refractivity (Wildman–Crippen MR) is 59.6 cm³/mol. The summed E-state index contributed by atoms with van der Waals surface area (Å²) < 4.78 is 6.16. The quantitative estimate of drug-likeness (QED) is 0.488. The topological polar surface area (TPSA) is 131 Å². The lowest BCUT2D eigenvalue weighted by atomic mass is 10.1. The molecule has 1 saturated heterocycles. The average Bonchev–Trinajstić information content (AvgIpc) is 2.82. The molecule has 18 heavy (non-hydrogen) atoms. The summed E-state index contributed by atoms with van der Waals surface area (Å²) in [6.07, 6.45) is -3.76. The van der Waals surface area contributed by atoms with Gasteiger partial charge in [0.15, 0.2) is 6.33 Å². The lowest BCUT2D eigenvalue weighted by molar-refractivity contribution is -0.395. The van der Waals surface area contributed by atoms with E-state index in [0.29, 0.717) is 0 Å². The van der Waals surface area contributed by atoms with Gasteiger partial charge in [0.25, 0.3) is 0 Å². The minimum atomic E-state index is -1.39. The Kier molecular flexibility index (Phi) is 3.64. The van der Waals surface area contributed by atoms with Crippen molar-refractivity contribution in [2.45, 2.75) is 24.5 Å². The number of rotatable bonds is 3. The third-order valence-electron chi connectivity index (χ3n) is 2.69. The molecule has 3 N–H and O–H groups in total. The van der Waals surface area contributed by atoms with Gasteiger partial charge in [-0.25, -0.2) is 4.98 Å². The summed E-state index contributed by atoms with van der Waals surface area (Å²) in [6, 6.07) is 0. The minimum Gasteiger partial charge on any atom is -0.394 e. The van der Waals surface area contributed by atoms with Crippen LogP contribution in [0.1, 0.15) is 6.23 Å². The van der Waals surface area contributed by atoms with Gasteiger partial charge in [-0.15, -0.1) is 0 Å². The fraction of sp³-hybridized carbons (Fsp3) is 0.625. The molecule has 0 spiro atoms. The van der Waals surface area contributed by atoms with Crippen molar-refractivity contribution in [3.05, 3.63) is 21.0 Å². The van der Waals surface area contributed by atoms with Gasteiger partial charge in [-0.3, -0.25) is 0 Å². The largest absolute Gasteiger partial charge is 0.394 e. The Morgan fingerprint density at radius 1 is 1.56 bits per heavy atom. The van der Waals surface area contributed by atoms with Gasteiger partial charge in [-0.05, 0) is 20.9 Å². The fourth-order valence-corrected chi connectivity index (χ4v) is 2.24. The van der Waals surface area contributed by atoms with Crippen LogP contribution in [-0.4, -0.2) is 54.7 Å². The first-order valence-corrected chi connectivity index (χ1v) is 5.75. The molecule has 100 valence electrons. The molecule has 0 radical (unpaired) electrons. The van der Waals surface area contributed by atoms with E-state index < -0.39 is 41.9 Å². The maximum atomic E-state index is 10.9.